The van der Waals surface area contributed by atoms with Crippen LogP contribution in [0.1, 0.15) is 64.8 Å². The number of rotatable bonds is 6. The van der Waals surface area contributed by atoms with Crippen LogP contribution in [-0.2, 0) is 9.53 Å². The maximum absolute atomic E-state index is 15.1. The number of aliphatic carboxylic acids is 1. The minimum Gasteiger partial charge on any atom is -0.497 e. The highest BCUT2D eigenvalue weighted by molar-refractivity contribution is 5.86. The Bertz CT molecular complexity index is 1020. The van der Waals surface area contributed by atoms with Crippen molar-refractivity contribution in [1.29, 1.82) is 0 Å². The van der Waals surface area contributed by atoms with Gasteiger partial charge in [-0.25, -0.2) is 9.18 Å². The number of carboxylic acids is 1. The first-order chi connectivity index (χ1) is 15.3. The molecule has 0 saturated carbocycles. The number of ether oxygens (including phenoxy) is 2. The number of pyridine rings is 1. The second kappa shape index (κ2) is 9.29. The molecule has 0 bridgehead atoms. The monoisotopic (exact) mass is 458 g/mol. The van der Waals surface area contributed by atoms with Crippen LogP contribution in [0.3, 0.4) is 0 Å². The van der Waals surface area contributed by atoms with Gasteiger partial charge in [0.05, 0.1) is 18.4 Å². The van der Waals surface area contributed by atoms with Gasteiger partial charge in [-0.05, 0) is 64.2 Å². The van der Waals surface area contributed by atoms with E-state index in [-0.39, 0.29) is 5.41 Å². The molecule has 1 N–H and O–H groups in total. The SMILES string of the molecule is COc1ccc(F)c(-c2cnc(C)c(C(OC(C)(C)C)C(=O)O)c2N2CCC(C)(C)CC2)c1. The van der Waals surface area contributed by atoms with Crippen molar-refractivity contribution in [3.63, 3.8) is 0 Å². The molecule has 7 heteroatoms. The van der Waals surface area contributed by atoms with Crippen molar-refractivity contribution in [3.05, 3.63) is 41.5 Å². The van der Waals surface area contributed by atoms with E-state index in [0.29, 0.717) is 33.8 Å². The lowest BCUT2D eigenvalue weighted by Crippen LogP contribution is -2.39. The van der Waals surface area contributed by atoms with E-state index >= 15 is 4.39 Å². The van der Waals surface area contributed by atoms with Gasteiger partial charge in [0.2, 0.25) is 0 Å². The highest BCUT2D eigenvalue weighted by Gasteiger charge is 2.36. The molecule has 1 fully saturated rings. The van der Waals surface area contributed by atoms with Crippen LogP contribution in [0.2, 0.25) is 0 Å². The largest absolute Gasteiger partial charge is 0.497 e. The Balaban J connectivity index is 2.29. The quantitative estimate of drug-likeness (QED) is 0.592. The summed E-state index contributed by atoms with van der Waals surface area (Å²) in [6, 6.07) is 4.55. The fourth-order valence-corrected chi connectivity index (χ4v) is 4.22. The predicted octanol–water partition coefficient (Wildman–Crippen LogP) is 5.77. The zero-order valence-corrected chi connectivity index (χ0v) is 20.7. The number of halogens is 1. The lowest BCUT2D eigenvalue weighted by molar-refractivity contribution is -0.160. The van der Waals surface area contributed by atoms with Gasteiger partial charge >= 0.3 is 5.97 Å². The minimum atomic E-state index is -1.24. The first kappa shape index (κ1) is 25.0. The third kappa shape index (κ3) is 5.64. The van der Waals surface area contributed by atoms with Crippen LogP contribution in [0.4, 0.5) is 10.1 Å². The van der Waals surface area contributed by atoms with Crippen LogP contribution >= 0.6 is 0 Å². The fourth-order valence-electron chi connectivity index (χ4n) is 4.22. The first-order valence-electron chi connectivity index (χ1n) is 11.3. The number of aromatic nitrogens is 1. The molecule has 3 rings (SSSR count). The highest BCUT2D eigenvalue weighted by Crippen LogP contribution is 2.44. The van der Waals surface area contributed by atoms with E-state index in [4.69, 9.17) is 9.47 Å². The molecule has 1 aliphatic heterocycles. The van der Waals surface area contributed by atoms with Crippen molar-refractivity contribution < 1.29 is 23.8 Å². The summed E-state index contributed by atoms with van der Waals surface area (Å²) in [4.78, 5) is 19.1. The maximum Gasteiger partial charge on any atom is 0.337 e. The Kier molecular flexibility index (Phi) is 7.03. The van der Waals surface area contributed by atoms with Crippen LogP contribution in [0, 0.1) is 18.2 Å². The van der Waals surface area contributed by atoms with Gasteiger partial charge in [-0.2, -0.15) is 0 Å². The van der Waals surface area contributed by atoms with Gasteiger partial charge in [0.15, 0.2) is 6.10 Å². The summed E-state index contributed by atoms with van der Waals surface area (Å²) < 4.78 is 26.4. The number of anilines is 1. The second-order valence-electron chi connectivity index (χ2n) is 10.5. The molecule has 6 nitrogen and oxygen atoms in total. The number of piperidine rings is 1. The molecule has 1 unspecified atom stereocenters. The van der Waals surface area contributed by atoms with Crippen molar-refractivity contribution in [2.75, 3.05) is 25.1 Å². The third-order valence-corrected chi connectivity index (χ3v) is 6.14. The smallest absolute Gasteiger partial charge is 0.337 e. The summed E-state index contributed by atoms with van der Waals surface area (Å²) in [6.07, 6.45) is 2.26. The molecule has 0 aliphatic carbocycles. The highest BCUT2D eigenvalue weighted by atomic mass is 19.1. The molecular formula is C26H35FN2O4. The van der Waals surface area contributed by atoms with Gasteiger partial charge in [-0.1, -0.05) is 13.8 Å². The molecule has 180 valence electrons. The number of hydrogen-bond donors (Lipinski definition) is 1. The standard InChI is InChI=1S/C26H35FN2O4/c1-16-21(23(24(30)31)33-25(2,3)4)22(29-12-10-26(5,6)11-13-29)19(15-28-16)18-14-17(32-7)8-9-20(18)27/h8-9,14-15,23H,10-13H2,1-7H3,(H,30,31). The van der Waals surface area contributed by atoms with Gasteiger partial charge in [0, 0.05) is 41.7 Å². The van der Waals surface area contributed by atoms with E-state index in [9.17, 15) is 9.90 Å². The summed E-state index contributed by atoms with van der Waals surface area (Å²) in [5.74, 6) is -1.01. The Morgan fingerprint density at radius 3 is 2.39 bits per heavy atom. The van der Waals surface area contributed by atoms with Crippen LogP contribution in [0.25, 0.3) is 11.1 Å². The van der Waals surface area contributed by atoms with Crippen LogP contribution < -0.4 is 9.64 Å². The Hall–Kier alpha value is -2.67. The van der Waals surface area contributed by atoms with Gasteiger partial charge in [0.25, 0.3) is 0 Å². The third-order valence-electron chi connectivity index (χ3n) is 6.14. The van der Waals surface area contributed by atoms with E-state index in [1.54, 1.807) is 25.3 Å². The molecule has 0 spiro atoms. The van der Waals surface area contributed by atoms with Gasteiger partial charge in [0.1, 0.15) is 11.6 Å². The van der Waals surface area contributed by atoms with E-state index in [1.807, 2.05) is 20.8 Å². The molecule has 2 heterocycles. The number of benzene rings is 1. The van der Waals surface area contributed by atoms with E-state index < -0.39 is 23.5 Å². The zero-order valence-electron chi connectivity index (χ0n) is 20.7. The molecule has 0 amide bonds. The van der Waals surface area contributed by atoms with Crippen LogP contribution in [0.15, 0.2) is 24.4 Å². The number of nitrogens with zero attached hydrogens (tertiary/aromatic N) is 2. The van der Waals surface area contributed by atoms with Gasteiger partial charge < -0.3 is 19.5 Å². The number of hydrogen-bond acceptors (Lipinski definition) is 5. The molecular weight excluding hydrogens is 423 g/mol. The summed E-state index contributed by atoms with van der Waals surface area (Å²) >= 11 is 0. The van der Waals surface area contributed by atoms with Crippen molar-refractivity contribution in [2.24, 2.45) is 5.41 Å². The topological polar surface area (TPSA) is 71.9 Å². The summed E-state index contributed by atoms with van der Waals surface area (Å²) in [7, 11) is 1.53. The van der Waals surface area contributed by atoms with Crippen LogP contribution in [0.5, 0.6) is 5.75 Å². The van der Waals surface area contributed by atoms with Crippen molar-refractivity contribution in [1.82, 2.24) is 4.98 Å². The predicted molar refractivity (Wildman–Crippen MR) is 127 cm³/mol. The van der Waals surface area contributed by atoms with Crippen LogP contribution in [-0.4, -0.2) is 41.9 Å². The molecule has 1 aromatic carbocycles. The molecule has 1 aliphatic rings. The molecule has 0 radical (unpaired) electrons. The lowest BCUT2D eigenvalue weighted by Gasteiger charge is -2.41. The van der Waals surface area contributed by atoms with Crippen molar-refractivity contribution in [2.45, 2.75) is 66.1 Å². The van der Waals surface area contributed by atoms with E-state index in [2.05, 4.69) is 23.7 Å². The number of carbonyl (C=O) groups is 1. The lowest BCUT2D eigenvalue weighted by atomic mass is 9.82. The molecule has 2 aromatic rings. The summed E-state index contributed by atoms with van der Waals surface area (Å²) in [6.45, 7) is 13.2. The van der Waals surface area contributed by atoms with Crippen molar-refractivity contribution in [3.8, 4) is 16.9 Å². The number of aryl methyl sites for hydroxylation is 1. The van der Waals surface area contributed by atoms with E-state index in [1.165, 1.54) is 13.2 Å². The molecule has 33 heavy (non-hydrogen) atoms. The Labute approximate surface area is 195 Å². The maximum atomic E-state index is 15.1. The Morgan fingerprint density at radius 1 is 1.21 bits per heavy atom. The normalized spacial score (nSPS) is 17.0. The minimum absolute atomic E-state index is 0.189. The number of methoxy groups -OCH3 is 1. The molecule has 1 aromatic heterocycles. The molecule has 1 atom stereocenters. The summed E-state index contributed by atoms with van der Waals surface area (Å²) in [5.41, 5.74) is 2.04. The average molecular weight is 459 g/mol. The first-order valence-corrected chi connectivity index (χ1v) is 11.3. The Morgan fingerprint density at radius 2 is 1.85 bits per heavy atom. The zero-order chi connectivity index (χ0) is 24.6. The second-order valence-corrected chi connectivity index (χ2v) is 10.5. The van der Waals surface area contributed by atoms with Crippen molar-refractivity contribution >= 4 is 11.7 Å². The summed E-state index contributed by atoms with van der Waals surface area (Å²) in [5, 5.41) is 10.2. The average Bonchev–Trinajstić information content (AvgIpc) is 2.72. The van der Waals surface area contributed by atoms with Gasteiger partial charge in [-0.15, -0.1) is 0 Å². The molecule has 1 saturated heterocycles. The number of carboxylic acid groups (broad SMARTS) is 1. The fraction of sp³-hybridized carbons (Fsp3) is 0.538. The van der Waals surface area contributed by atoms with Gasteiger partial charge in [-0.3, -0.25) is 4.98 Å². The van der Waals surface area contributed by atoms with E-state index in [0.717, 1.165) is 25.9 Å².